The van der Waals surface area contributed by atoms with Gasteiger partial charge in [0, 0.05) is 12.1 Å². The van der Waals surface area contributed by atoms with E-state index < -0.39 is 0 Å². The van der Waals surface area contributed by atoms with Crippen LogP contribution in [0.1, 0.15) is 23.7 Å². The Labute approximate surface area is 139 Å². The molecule has 2 aromatic carbocycles. The highest BCUT2D eigenvalue weighted by atomic mass is 16.7. The van der Waals surface area contributed by atoms with Gasteiger partial charge in [-0.05, 0) is 36.8 Å². The first-order valence-electron chi connectivity index (χ1n) is 7.92. The number of nitrogens with zero attached hydrogens (tertiary/aromatic N) is 2. The Hall–Kier alpha value is -3.02. The normalized spacial score (nSPS) is 12.5. The fourth-order valence-electron chi connectivity index (χ4n) is 2.83. The Morgan fingerprint density at radius 1 is 1.21 bits per heavy atom. The predicted molar refractivity (Wildman–Crippen MR) is 90.5 cm³/mol. The number of hydrogen-bond donors (Lipinski definition) is 1. The fraction of sp³-hybridized carbons (Fsp3) is 0.222. The lowest BCUT2D eigenvalue weighted by atomic mass is 10.2. The van der Waals surface area contributed by atoms with Gasteiger partial charge in [0.05, 0.1) is 11.0 Å². The van der Waals surface area contributed by atoms with Crippen LogP contribution in [0.4, 0.5) is 5.95 Å². The van der Waals surface area contributed by atoms with E-state index in [0.717, 1.165) is 24.0 Å². The second-order valence-electron chi connectivity index (χ2n) is 5.60. The van der Waals surface area contributed by atoms with Crippen molar-refractivity contribution in [3.8, 4) is 11.5 Å². The van der Waals surface area contributed by atoms with Crippen molar-refractivity contribution in [3.63, 3.8) is 0 Å². The van der Waals surface area contributed by atoms with Crippen LogP contribution >= 0.6 is 0 Å². The number of carbonyl (C=O) groups excluding carboxylic acids is 1. The Kier molecular flexibility index (Phi) is 3.57. The molecule has 6 nitrogen and oxygen atoms in total. The van der Waals surface area contributed by atoms with Gasteiger partial charge < -0.3 is 14.0 Å². The Morgan fingerprint density at radius 2 is 2.04 bits per heavy atom. The van der Waals surface area contributed by atoms with Crippen molar-refractivity contribution >= 4 is 22.9 Å². The molecule has 0 aliphatic carbocycles. The molecule has 3 aromatic rings. The number of aryl methyl sites for hydroxylation is 1. The SMILES string of the molecule is CCCn1c(NC(=O)c2ccc3c(c2)OCO3)nc2ccccc21. The van der Waals surface area contributed by atoms with Crippen LogP contribution < -0.4 is 14.8 Å². The predicted octanol–water partition coefficient (Wildman–Crippen LogP) is 3.43. The molecule has 1 amide bonds. The molecule has 0 saturated heterocycles. The number of nitrogens with one attached hydrogen (secondary N) is 1. The smallest absolute Gasteiger partial charge is 0.258 e. The van der Waals surface area contributed by atoms with Gasteiger partial charge in [-0.3, -0.25) is 10.1 Å². The summed E-state index contributed by atoms with van der Waals surface area (Å²) in [4.78, 5) is 17.1. The summed E-state index contributed by atoms with van der Waals surface area (Å²) in [5.74, 6) is 1.58. The number of carbonyl (C=O) groups is 1. The Bertz CT molecular complexity index is 917. The zero-order valence-electron chi connectivity index (χ0n) is 13.3. The first-order chi connectivity index (χ1) is 11.8. The van der Waals surface area contributed by atoms with Crippen LogP contribution in [0.25, 0.3) is 11.0 Å². The molecule has 0 spiro atoms. The van der Waals surface area contributed by atoms with Crippen molar-refractivity contribution in [2.24, 2.45) is 0 Å². The van der Waals surface area contributed by atoms with Gasteiger partial charge >= 0.3 is 0 Å². The molecule has 2 heterocycles. The van der Waals surface area contributed by atoms with Gasteiger partial charge in [0.25, 0.3) is 5.91 Å². The zero-order chi connectivity index (χ0) is 16.5. The zero-order valence-corrected chi connectivity index (χ0v) is 13.3. The summed E-state index contributed by atoms with van der Waals surface area (Å²) in [5, 5.41) is 2.91. The van der Waals surface area contributed by atoms with E-state index in [4.69, 9.17) is 9.47 Å². The number of aromatic nitrogens is 2. The van der Waals surface area contributed by atoms with Gasteiger partial charge in [-0.15, -0.1) is 0 Å². The van der Waals surface area contributed by atoms with Crippen LogP contribution in [0.3, 0.4) is 0 Å². The largest absolute Gasteiger partial charge is 0.454 e. The molecule has 1 N–H and O–H groups in total. The molecule has 1 aromatic heterocycles. The molecule has 0 radical (unpaired) electrons. The summed E-state index contributed by atoms with van der Waals surface area (Å²) < 4.78 is 12.6. The minimum atomic E-state index is -0.221. The molecule has 0 unspecified atom stereocenters. The van der Waals surface area contributed by atoms with Gasteiger partial charge in [0.1, 0.15) is 0 Å². The average Bonchev–Trinajstić information content (AvgIpc) is 3.19. The molecule has 24 heavy (non-hydrogen) atoms. The van der Waals surface area contributed by atoms with Crippen LogP contribution in [0.2, 0.25) is 0 Å². The summed E-state index contributed by atoms with van der Waals surface area (Å²) in [6.45, 7) is 3.07. The van der Waals surface area contributed by atoms with Crippen LogP contribution in [0.15, 0.2) is 42.5 Å². The summed E-state index contributed by atoms with van der Waals surface area (Å²) in [6, 6.07) is 13.0. The lowest BCUT2D eigenvalue weighted by Crippen LogP contribution is -2.16. The third-order valence-electron chi connectivity index (χ3n) is 3.96. The van der Waals surface area contributed by atoms with Gasteiger partial charge in [-0.1, -0.05) is 19.1 Å². The molecule has 1 aliphatic heterocycles. The highest BCUT2D eigenvalue weighted by Gasteiger charge is 2.18. The van der Waals surface area contributed by atoms with Gasteiger partial charge in [0.15, 0.2) is 11.5 Å². The van der Waals surface area contributed by atoms with E-state index in [9.17, 15) is 4.79 Å². The van der Waals surface area contributed by atoms with Crippen molar-refractivity contribution in [1.29, 1.82) is 0 Å². The number of imidazole rings is 1. The quantitative estimate of drug-likeness (QED) is 0.799. The average molecular weight is 323 g/mol. The van der Waals surface area contributed by atoms with E-state index >= 15 is 0 Å². The van der Waals surface area contributed by atoms with E-state index in [2.05, 4.69) is 17.2 Å². The highest BCUT2D eigenvalue weighted by Crippen LogP contribution is 2.32. The van der Waals surface area contributed by atoms with Crippen LogP contribution in [-0.2, 0) is 6.54 Å². The maximum absolute atomic E-state index is 12.6. The lowest BCUT2D eigenvalue weighted by Gasteiger charge is -2.09. The fourth-order valence-corrected chi connectivity index (χ4v) is 2.83. The topological polar surface area (TPSA) is 65.4 Å². The van der Waals surface area contributed by atoms with Crippen LogP contribution in [0.5, 0.6) is 11.5 Å². The van der Waals surface area contributed by atoms with Crippen LogP contribution in [-0.4, -0.2) is 22.3 Å². The molecule has 1 aliphatic rings. The van der Waals surface area contributed by atoms with E-state index in [1.54, 1.807) is 18.2 Å². The number of anilines is 1. The first kappa shape index (κ1) is 14.6. The Morgan fingerprint density at radius 3 is 2.92 bits per heavy atom. The summed E-state index contributed by atoms with van der Waals surface area (Å²) >= 11 is 0. The monoisotopic (exact) mass is 323 g/mol. The van der Waals surface area contributed by atoms with Crippen LogP contribution in [0, 0.1) is 0 Å². The van der Waals surface area contributed by atoms with Crippen molar-refractivity contribution < 1.29 is 14.3 Å². The maximum atomic E-state index is 12.6. The second-order valence-corrected chi connectivity index (χ2v) is 5.60. The number of para-hydroxylation sites is 2. The summed E-state index contributed by atoms with van der Waals surface area (Å²) in [5.41, 5.74) is 2.39. The molecule has 0 atom stereocenters. The number of benzene rings is 2. The molecule has 6 heteroatoms. The van der Waals surface area contributed by atoms with Crippen molar-refractivity contribution in [2.75, 3.05) is 12.1 Å². The summed E-state index contributed by atoms with van der Waals surface area (Å²) in [7, 11) is 0. The minimum Gasteiger partial charge on any atom is -0.454 e. The minimum absolute atomic E-state index is 0.187. The van der Waals surface area contributed by atoms with Gasteiger partial charge in [-0.25, -0.2) is 4.98 Å². The third-order valence-corrected chi connectivity index (χ3v) is 3.96. The van der Waals surface area contributed by atoms with Gasteiger partial charge in [-0.2, -0.15) is 0 Å². The van der Waals surface area contributed by atoms with Crippen molar-refractivity contribution in [3.05, 3.63) is 48.0 Å². The number of amides is 1. The lowest BCUT2D eigenvalue weighted by molar-refractivity contribution is 0.102. The third kappa shape index (κ3) is 2.46. The number of ether oxygens (including phenoxy) is 2. The molecule has 0 bridgehead atoms. The standard InChI is InChI=1S/C18H17N3O3/c1-2-9-21-14-6-4-3-5-13(14)19-18(21)20-17(22)12-7-8-15-16(10-12)24-11-23-15/h3-8,10H,2,9,11H2,1H3,(H,19,20,22). The summed E-state index contributed by atoms with van der Waals surface area (Å²) in [6.07, 6.45) is 0.952. The van der Waals surface area contributed by atoms with E-state index in [1.165, 1.54) is 0 Å². The molecular formula is C18H17N3O3. The number of hydrogen-bond acceptors (Lipinski definition) is 4. The molecule has 0 saturated carbocycles. The van der Waals surface area contributed by atoms with E-state index in [0.29, 0.717) is 23.0 Å². The van der Waals surface area contributed by atoms with E-state index in [-0.39, 0.29) is 12.7 Å². The number of fused-ring (bicyclic) bond motifs is 2. The molecular weight excluding hydrogens is 306 g/mol. The second kappa shape index (κ2) is 5.88. The molecule has 122 valence electrons. The highest BCUT2D eigenvalue weighted by molar-refractivity contribution is 6.04. The van der Waals surface area contributed by atoms with E-state index in [1.807, 2.05) is 28.8 Å². The van der Waals surface area contributed by atoms with Gasteiger partial charge in [0.2, 0.25) is 12.7 Å². The first-order valence-corrected chi connectivity index (χ1v) is 7.92. The molecule has 0 fully saturated rings. The Balaban J connectivity index is 1.66. The number of rotatable bonds is 4. The van der Waals surface area contributed by atoms with Crippen molar-refractivity contribution in [2.45, 2.75) is 19.9 Å². The molecule has 4 rings (SSSR count). The van der Waals surface area contributed by atoms with Crippen molar-refractivity contribution in [1.82, 2.24) is 9.55 Å². The maximum Gasteiger partial charge on any atom is 0.258 e.